The zero-order valence-corrected chi connectivity index (χ0v) is 8.77. The minimum atomic E-state index is 0.273. The van der Waals surface area contributed by atoms with Gasteiger partial charge in [0.2, 0.25) is 0 Å². The smallest absolute Gasteiger partial charge is 0.0595 e. The molecule has 1 atom stereocenters. The number of hydrogen-bond donors (Lipinski definition) is 0. The summed E-state index contributed by atoms with van der Waals surface area (Å²) in [6.45, 7) is 14.0. The summed E-state index contributed by atoms with van der Waals surface area (Å²) in [4.78, 5) is 0. The van der Waals surface area contributed by atoms with E-state index in [0.29, 0.717) is 12.0 Å². The Balaban J connectivity index is 3.61. The van der Waals surface area contributed by atoms with E-state index in [9.17, 15) is 0 Å². The molecule has 1 heteroatoms. The Morgan fingerprint density at radius 2 is 1.55 bits per heavy atom. The van der Waals surface area contributed by atoms with Crippen LogP contribution in [0.5, 0.6) is 0 Å². The first-order valence-electron chi connectivity index (χ1n) is 4.45. The van der Waals surface area contributed by atoms with Crippen LogP contribution in [0.2, 0.25) is 0 Å². The normalized spacial score (nSPS) is 15.5. The number of ether oxygens (including phenoxy) is 1. The van der Waals surface area contributed by atoms with Crippen molar-refractivity contribution >= 4 is 0 Å². The summed E-state index contributed by atoms with van der Waals surface area (Å²) in [5, 5.41) is 0. The lowest BCUT2D eigenvalue weighted by Gasteiger charge is -2.27. The molecule has 0 N–H and O–H groups in total. The molecule has 0 saturated carbocycles. The van der Waals surface area contributed by atoms with Crippen LogP contribution >= 0.6 is 0 Å². The van der Waals surface area contributed by atoms with E-state index in [-0.39, 0.29) is 5.41 Å². The lowest BCUT2D eigenvalue weighted by molar-refractivity contribution is -0.0169. The molecule has 0 heterocycles. The van der Waals surface area contributed by atoms with E-state index in [1.807, 2.05) is 0 Å². The molecule has 0 radical (unpaired) electrons. The molecule has 0 aliphatic heterocycles. The molecule has 0 bridgehead atoms. The Kier molecular flexibility index (Phi) is 4.09. The van der Waals surface area contributed by atoms with E-state index in [1.165, 1.54) is 0 Å². The first-order valence-corrected chi connectivity index (χ1v) is 4.45. The fourth-order valence-corrected chi connectivity index (χ4v) is 0.587. The molecule has 0 aliphatic rings. The third-order valence-corrected chi connectivity index (χ3v) is 1.90. The maximum Gasteiger partial charge on any atom is 0.0595 e. The van der Waals surface area contributed by atoms with Crippen LogP contribution in [-0.4, -0.2) is 12.7 Å². The van der Waals surface area contributed by atoms with Gasteiger partial charge in [-0.2, -0.15) is 0 Å². The van der Waals surface area contributed by atoms with E-state index in [4.69, 9.17) is 4.74 Å². The summed E-state index contributed by atoms with van der Waals surface area (Å²) in [7, 11) is 0. The van der Waals surface area contributed by atoms with Crippen molar-refractivity contribution in [2.45, 2.75) is 47.6 Å². The SMILES string of the molecule is CC(C)COC(C)C(C)(C)C. The number of rotatable bonds is 3. The van der Waals surface area contributed by atoms with Crippen LogP contribution in [0.15, 0.2) is 0 Å². The maximum absolute atomic E-state index is 5.67. The van der Waals surface area contributed by atoms with Crippen LogP contribution < -0.4 is 0 Å². The van der Waals surface area contributed by atoms with Crippen molar-refractivity contribution in [1.29, 1.82) is 0 Å². The second kappa shape index (κ2) is 4.10. The molecule has 0 aliphatic carbocycles. The monoisotopic (exact) mass is 158 g/mol. The Morgan fingerprint density at radius 1 is 1.09 bits per heavy atom. The van der Waals surface area contributed by atoms with Crippen LogP contribution in [-0.2, 0) is 4.74 Å². The molecule has 0 aromatic carbocycles. The number of hydrogen-bond acceptors (Lipinski definition) is 1. The fourth-order valence-electron chi connectivity index (χ4n) is 0.587. The van der Waals surface area contributed by atoms with Crippen molar-refractivity contribution in [3.63, 3.8) is 0 Å². The van der Waals surface area contributed by atoms with Gasteiger partial charge in [-0.1, -0.05) is 34.6 Å². The topological polar surface area (TPSA) is 9.23 Å². The highest BCUT2D eigenvalue weighted by molar-refractivity contribution is 4.69. The molecular weight excluding hydrogens is 136 g/mol. The minimum Gasteiger partial charge on any atom is -0.378 e. The summed E-state index contributed by atoms with van der Waals surface area (Å²) < 4.78 is 5.67. The lowest BCUT2D eigenvalue weighted by atomic mass is 9.90. The van der Waals surface area contributed by atoms with Gasteiger partial charge in [-0.3, -0.25) is 0 Å². The van der Waals surface area contributed by atoms with Gasteiger partial charge in [-0.25, -0.2) is 0 Å². The molecule has 0 aromatic rings. The van der Waals surface area contributed by atoms with Gasteiger partial charge in [0.05, 0.1) is 6.10 Å². The molecule has 1 unspecified atom stereocenters. The van der Waals surface area contributed by atoms with E-state index >= 15 is 0 Å². The van der Waals surface area contributed by atoms with Gasteiger partial charge in [-0.05, 0) is 18.3 Å². The second-order valence-electron chi connectivity index (χ2n) is 4.74. The molecule has 0 rings (SSSR count). The van der Waals surface area contributed by atoms with Crippen molar-refractivity contribution < 1.29 is 4.74 Å². The summed E-state index contributed by atoms with van der Waals surface area (Å²) in [5.74, 6) is 0.639. The van der Waals surface area contributed by atoms with Gasteiger partial charge in [-0.15, -0.1) is 0 Å². The highest BCUT2D eigenvalue weighted by Crippen LogP contribution is 2.21. The first-order chi connectivity index (χ1) is 4.84. The van der Waals surface area contributed by atoms with Crippen molar-refractivity contribution in [3.8, 4) is 0 Å². The molecule has 0 amide bonds. The van der Waals surface area contributed by atoms with Crippen molar-refractivity contribution in [2.24, 2.45) is 11.3 Å². The molecule has 68 valence electrons. The van der Waals surface area contributed by atoms with E-state index in [1.54, 1.807) is 0 Å². The standard InChI is InChI=1S/C10H22O/c1-8(2)7-11-9(3)10(4,5)6/h8-9H,7H2,1-6H3. The largest absolute Gasteiger partial charge is 0.378 e. The van der Waals surface area contributed by atoms with Crippen LogP contribution in [0.1, 0.15) is 41.5 Å². The van der Waals surface area contributed by atoms with Crippen molar-refractivity contribution in [1.82, 2.24) is 0 Å². The molecule has 0 spiro atoms. The highest BCUT2D eigenvalue weighted by Gasteiger charge is 2.20. The van der Waals surface area contributed by atoms with Gasteiger partial charge in [0.25, 0.3) is 0 Å². The van der Waals surface area contributed by atoms with Crippen molar-refractivity contribution in [3.05, 3.63) is 0 Å². The Hall–Kier alpha value is -0.0400. The minimum absolute atomic E-state index is 0.273. The Bertz CT molecular complexity index is 99.9. The van der Waals surface area contributed by atoms with Crippen molar-refractivity contribution in [2.75, 3.05) is 6.61 Å². The Morgan fingerprint density at radius 3 is 1.82 bits per heavy atom. The predicted octanol–water partition coefficient (Wildman–Crippen LogP) is 3.09. The van der Waals surface area contributed by atoms with Gasteiger partial charge in [0, 0.05) is 6.61 Å². The highest BCUT2D eigenvalue weighted by atomic mass is 16.5. The molecule has 0 saturated heterocycles. The zero-order chi connectivity index (χ0) is 9.07. The Labute approximate surface area is 71.1 Å². The zero-order valence-electron chi connectivity index (χ0n) is 8.77. The van der Waals surface area contributed by atoms with Crippen LogP contribution in [0.25, 0.3) is 0 Å². The van der Waals surface area contributed by atoms with E-state index < -0.39 is 0 Å². The third-order valence-electron chi connectivity index (χ3n) is 1.90. The summed E-state index contributed by atoms with van der Waals surface area (Å²) in [5.41, 5.74) is 0.273. The molecule has 0 aromatic heterocycles. The summed E-state index contributed by atoms with van der Waals surface area (Å²) in [6.07, 6.45) is 0.352. The predicted molar refractivity (Wildman–Crippen MR) is 49.7 cm³/mol. The van der Waals surface area contributed by atoms with Gasteiger partial charge in [0.1, 0.15) is 0 Å². The summed E-state index contributed by atoms with van der Waals surface area (Å²) >= 11 is 0. The van der Waals surface area contributed by atoms with E-state index in [2.05, 4.69) is 41.5 Å². The molecule has 11 heavy (non-hydrogen) atoms. The maximum atomic E-state index is 5.67. The quantitative estimate of drug-likeness (QED) is 0.613. The molecule has 0 fully saturated rings. The first kappa shape index (κ1) is 11.0. The average Bonchev–Trinajstić information content (AvgIpc) is 1.80. The van der Waals surface area contributed by atoms with E-state index in [0.717, 1.165) is 6.61 Å². The molecule has 1 nitrogen and oxygen atoms in total. The lowest BCUT2D eigenvalue weighted by Crippen LogP contribution is -2.27. The van der Waals surface area contributed by atoms with Gasteiger partial charge < -0.3 is 4.74 Å². The fraction of sp³-hybridized carbons (Fsp3) is 1.00. The van der Waals surface area contributed by atoms with Gasteiger partial charge >= 0.3 is 0 Å². The third kappa shape index (κ3) is 5.25. The van der Waals surface area contributed by atoms with Gasteiger partial charge in [0.15, 0.2) is 0 Å². The van der Waals surface area contributed by atoms with Crippen LogP contribution in [0, 0.1) is 11.3 Å². The molecular formula is C10H22O. The second-order valence-corrected chi connectivity index (χ2v) is 4.74. The van der Waals surface area contributed by atoms with Crippen LogP contribution in [0.3, 0.4) is 0 Å². The summed E-state index contributed by atoms with van der Waals surface area (Å²) in [6, 6.07) is 0. The van der Waals surface area contributed by atoms with Crippen LogP contribution in [0.4, 0.5) is 0 Å². The average molecular weight is 158 g/mol.